The van der Waals surface area contributed by atoms with Crippen molar-refractivity contribution in [2.24, 2.45) is 0 Å². The third-order valence-electron chi connectivity index (χ3n) is 5.77. The van der Waals surface area contributed by atoms with Crippen molar-refractivity contribution in [3.63, 3.8) is 0 Å². The summed E-state index contributed by atoms with van der Waals surface area (Å²) in [5.41, 5.74) is 1.05. The van der Waals surface area contributed by atoms with Crippen LogP contribution in [0.4, 0.5) is 5.82 Å². The predicted octanol–water partition coefficient (Wildman–Crippen LogP) is 0.502. The van der Waals surface area contributed by atoms with Gasteiger partial charge in [0, 0.05) is 17.8 Å². The summed E-state index contributed by atoms with van der Waals surface area (Å²) in [6.45, 7) is -0.696. The molecule has 3 unspecified atom stereocenters. The van der Waals surface area contributed by atoms with Crippen LogP contribution in [0.5, 0.6) is 0 Å². The Hall–Kier alpha value is -1.28. The second-order valence-corrected chi connectivity index (χ2v) is 12.9. The predicted molar refractivity (Wildman–Crippen MR) is 122 cm³/mol. The van der Waals surface area contributed by atoms with Gasteiger partial charge in [0.05, 0.1) is 18.2 Å². The maximum atomic E-state index is 11.9. The fourth-order valence-corrected chi connectivity index (χ4v) is 6.91. The molecule has 7 N–H and O–H groups in total. The quantitative estimate of drug-likeness (QED) is 0.174. The molecular weight excluding hydrogens is 530 g/mol. The molecule has 0 amide bonds. The van der Waals surface area contributed by atoms with Crippen molar-refractivity contribution in [1.29, 1.82) is 0 Å². The summed E-state index contributed by atoms with van der Waals surface area (Å²) in [7, 11) is -9.49. The number of anilines is 1. The van der Waals surface area contributed by atoms with E-state index in [0.29, 0.717) is 35.3 Å². The lowest BCUT2D eigenvalue weighted by molar-refractivity contribution is -0.0186. The maximum Gasteiger partial charge on any atom is 0.340 e. The number of ether oxygens (including phenoxy) is 1. The molecule has 194 valence electrons. The monoisotopic (exact) mass is 554 g/mol. The third kappa shape index (κ3) is 6.54. The molecule has 1 aliphatic heterocycles. The molecule has 3 heterocycles. The standard InChI is InChI=1S/C18H25ClN4O10P2/c19-18-22-11-3-8(5-20-13(11)17(23-18)21-9-1-2-10(24)4-9)16-15(26)14(25)12(33-16)6-32-35(30,31)7-34(27,28)29/h3,5,9-10,12,14-16,24-26H,1-2,4,6-7H2,(H,30,31)(H,21,22,23)(H2,27,28,29)/t9?,10?,12-,14-,15-,16+/m1/s1. The second kappa shape index (κ2) is 10.2. The molecule has 1 saturated heterocycles. The average Bonchev–Trinajstić information content (AvgIpc) is 3.27. The molecular formula is C18H25ClN4O10P2. The summed E-state index contributed by atoms with van der Waals surface area (Å²) >= 11 is 6.07. The topological polar surface area (TPSA) is 225 Å². The van der Waals surface area contributed by atoms with E-state index in [1.165, 1.54) is 6.20 Å². The highest BCUT2D eigenvalue weighted by Crippen LogP contribution is 2.55. The number of halogens is 1. The average molecular weight is 555 g/mol. The van der Waals surface area contributed by atoms with Gasteiger partial charge in [0.1, 0.15) is 29.9 Å². The van der Waals surface area contributed by atoms with Crippen LogP contribution in [0.3, 0.4) is 0 Å². The number of fused-ring (bicyclic) bond motifs is 1. The Morgan fingerprint density at radius 3 is 2.54 bits per heavy atom. The molecule has 0 aromatic carbocycles. The minimum absolute atomic E-state index is 0.00962. The van der Waals surface area contributed by atoms with Crippen LogP contribution in [0.1, 0.15) is 30.9 Å². The molecule has 2 aliphatic rings. The molecule has 2 aromatic heterocycles. The van der Waals surface area contributed by atoms with Gasteiger partial charge in [-0.15, -0.1) is 0 Å². The Labute approximate surface area is 204 Å². The smallest absolute Gasteiger partial charge is 0.340 e. The van der Waals surface area contributed by atoms with Crippen molar-refractivity contribution in [3.05, 3.63) is 23.1 Å². The summed E-state index contributed by atoms with van der Waals surface area (Å²) in [6.07, 6.45) is -2.38. The highest BCUT2D eigenvalue weighted by Gasteiger charge is 2.45. The first-order chi connectivity index (χ1) is 16.3. The van der Waals surface area contributed by atoms with E-state index in [1.807, 2.05) is 0 Å². The molecule has 2 fully saturated rings. The lowest BCUT2D eigenvalue weighted by Crippen LogP contribution is -2.33. The summed E-state index contributed by atoms with van der Waals surface area (Å²) in [6, 6.07) is 1.53. The lowest BCUT2D eigenvalue weighted by atomic mass is 10.0. The van der Waals surface area contributed by atoms with Crippen LogP contribution in [0.2, 0.25) is 5.28 Å². The number of aliphatic hydroxyl groups excluding tert-OH is 3. The summed E-state index contributed by atoms with van der Waals surface area (Å²) in [5.74, 6) is -1.01. The highest BCUT2D eigenvalue weighted by atomic mass is 35.5. The fraction of sp³-hybridized carbons (Fsp3) is 0.611. The summed E-state index contributed by atoms with van der Waals surface area (Å²) in [4.78, 5) is 40.1. The van der Waals surface area contributed by atoms with E-state index >= 15 is 0 Å². The van der Waals surface area contributed by atoms with E-state index in [2.05, 4.69) is 20.3 Å². The minimum atomic E-state index is -4.82. The zero-order valence-electron chi connectivity index (χ0n) is 18.1. The van der Waals surface area contributed by atoms with E-state index < -0.39 is 58.2 Å². The molecule has 7 atom stereocenters. The van der Waals surface area contributed by atoms with Gasteiger partial charge in [-0.3, -0.25) is 14.1 Å². The Balaban J connectivity index is 1.50. The molecule has 4 rings (SSSR count). The maximum absolute atomic E-state index is 11.9. The molecule has 0 bridgehead atoms. The van der Waals surface area contributed by atoms with Gasteiger partial charge in [0.15, 0.2) is 11.7 Å². The number of aliphatic hydroxyl groups is 3. The Bertz CT molecular complexity index is 1190. The van der Waals surface area contributed by atoms with Gasteiger partial charge in [-0.2, -0.15) is 4.98 Å². The van der Waals surface area contributed by atoms with Crippen LogP contribution in [0.25, 0.3) is 11.0 Å². The highest BCUT2D eigenvalue weighted by molar-refractivity contribution is 7.70. The van der Waals surface area contributed by atoms with E-state index in [1.54, 1.807) is 6.07 Å². The van der Waals surface area contributed by atoms with Crippen LogP contribution in [-0.2, 0) is 18.4 Å². The zero-order valence-corrected chi connectivity index (χ0v) is 20.6. The number of nitrogens with one attached hydrogen (secondary N) is 1. The van der Waals surface area contributed by atoms with Crippen molar-refractivity contribution < 1.29 is 48.4 Å². The number of hydrogen-bond acceptors (Lipinski definition) is 11. The number of rotatable bonds is 8. The van der Waals surface area contributed by atoms with Crippen molar-refractivity contribution in [2.75, 3.05) is 17.8 Å². The molecule has 35 heavy (non-hydrogen) atoms. The van der Waals surface area contributed by atoms with Gasteiger partial charge in [0.2, 0.25) is 5.28 Å². The Kier molecular flexibility index (Phi) is 7.83. The third-order valence-corrected chi connectivity index (χ3v) is 9.40. The Morgan fingerprint density at radius 1 is 1.14 bits per heavy atom. The van der Waals surface area contributed by atoms with Crippen molar-refractivity contribution in [2.45, 2.75) is 55.8 Å². The number of aromatic nitrogens is 3. The Morgan fingerprint density at radius 2 is 1.89 bits per heavy atom. The summed E-state index contributed by atoms with van der Waals surface area (Å²) in [5, 5.41) is 33.7. The molecule has 1 saturated carbocycles. The first-order valence-electron chi connectivity index (χ1n) is 10.6. The minimum Gasteiger partial charge on any atom is -0.393 e. The second-order valence-electron chi connectivity index (χ2n) is 8.60. The van der Waals surface area contributed by atoms with Gasteiger partial charge in [-0.25, -0.2) is 4.98 Å². The van der Waals surface area contributed by atoms with Gasteiger partial charge >= 0.3 is 15.2 Å². The molecule has 17 heteroatoms. The molecule has 2 aromatic rings. The largest absolute Gasteiger partial charge is 0.393 e. The van der Waals surface area contributed by atoms with Crippen LogP contribution < -0.4 is 5.32 Å². The van der Waals surface area contributed by atoms with Gasteiger partial charge in [-0.05, 0) is 36.9 Å². The fourth-order valence-electron chi connectivity index (χ4n) is 4.17. The van der Waals surface area contributed by atoms with Crippen LogP contribution in [-0.4, -0.2) is 87.9 Å². The lowest BCUT2D eigenvalue weighted by Gasteiger charge is -2.18. The zero-order chi connectivity index (χ0) is 25.5. The van der Waals surface area contributed by atoms with Crippen molar-refractivity contribution in [3.8, 4) is 0 Å². The van der Waals surface area contributed by atoms with Crippen LogP contribution >= 0.6 is 26.8 Å². The van der Waals surface area contributed by atoms with Gasteiger partial charge in [-0.1, -0.05) is 0 Å². The summed E-state index contributed by atoms with van der Waals surface area (Å²) < 4.78 is 33.2. The van der Waals surface area contributed by atoms with Crippen molar-refractivity contribution >= 4 is 43.6 Å². The van der Waals surface area contributed by atoms with E-state index in [9.17, 15) is 29.3 Å². The van der Waals surface area contributed by atoms with Gasteiger partial charge < -0.3 is 44.6 Å². The van der Waals surface area contributed by atoms with E-state index in [4.69, 9.17) is 30.6 Å². The SMILES string of the molecule is O=P(O)(O)CP(=O)(O)OC[C@H]1O[C@@H](c2cnc3c(NC4CCC(O)C4)nc(Cl)nc3c2)[C@H](O)[C@@H]1O. The number of hydrogen-bond donors (Lipinski definition) is 7. The molecule has 14 nitrogen and oxygen atoms in total. The molecule has 0 spiro atoms. The van der Waals surface area contributed by atoms with E-state index in [0.717, 1.165) is 6.42 Å². The van der Waals surface area contributed by atoms with Crippen LogP contribution in [0.15, 0.2) is 12.3 Å². The number of pyridine rings is 1. The van der Waals surface area contributed by atoms with Crippen LogP contribution in [0, 0.1) is 0 Å². The molecule has 0 radical (unpaired) electrons. The first kappa shape index (κ1) is 26.8. The normalized spacial score (nSPS) is 31.1. The van der Waals surface area contributed by atoms with E-state index in [-0.39, 0.29) is 11.3 Å². The van der Waals surface area contributed by atoms with Gasteiger partial charge in [0.25, 0.3) is 0 Å². The van der Waals surface area contributed by atoms with Crippen molar-refractivity contribution in [1.82, 2.24) is 15.0 Å². The number of nitrogens with zero attached hydrogens (tertiary/aromatic N) is 3. The first-order valence-corrected chi connectivity index (χ1v) is 14.6. The molecule has 1 aliphatic carbocycles.